The second-order valence-electron chi connectivity index (χ2n) is 0.513. The molecule has 58 valence electrons. The summed E-state index contributed by atoms with van der Waals surface area (Å²) in [6, 6.07) is 0. The van der Waals surface area contributed by atoms with Gasteiger partial charge in [-0.3, -0.25) is 0 Å². The van der Waals surface area contributed by atoms with E-state index in [1.54, 1.807) is 0 Å². The van der Waals surface area contributed by atoms with Crippen molar-refractivity contribution in [2.45, 2.75) is 0 Å². The normalized spacial score (nSPS) is 5.36. The predicted octanol–water partition coefficient (Wildman–Crippen LogP) is -6.07. The topological polar surface area (TPSA) is 109 Å². The van der Waals surface area contributed by atoms with E-state index in [4.69, 9.17) is 19.2 Å². The van der Waals surface area contributed by atoms with Crippen LogP contribution in [0.4, 0.5) is 0 Å². The Morgan fingerprint density at radius 1 is 1.09 bits per heavy atom. The Hall–Kier alpha value is 4.94. The van der Waals surface area contributed by atoms with Gasteiger partial charge in [-0.25, -0.2) is 4.57 Å². The SMILES string of the molecule is O.O=P(O)(O)O.[AlH3].[CaH2].[LiH].[NaH].[SrH2]. The van der Waals surface area contributed by atoms with Crippen LogP contribution in [0.5, 0.6) is 0 Å². The van der Waals surface area contributed by atoms with Crippen LogP contribution in [-0.2, 0) is 4.57 Å². The van der Waals surface area contributed by atoms with Gasteiger partial charge in [0.2, 0.25) is 0 Å². The van der Waals surface area contributed by atoms with E-state index in [1.807, 2.05) is 0 Å². The Morgan fingerprint density at radius 2 is 1.09 bits per heavy atom. The van der Waals surface area contributed by atoms with Gasteiger partial charge in [-0.05, 0) is 0 Å². The van der Waals surface area contributed by atoms with Gasteiger partial charge in [0.1, 0.15) is 0 Å². The molecule has 11 heavy (non-hydrogen) atoms. The average Bonchev–Trinajstić information content (AvgIpc) is 0.722. The van der Waals surface area contributed by atoms with Crippen molar-refractivity contribution >= 4 is 157 Å². The molecule has 11 heteroatoms. The first-order valence-electron chi connectivity index (χ1n) is 0.783. The molecular formula is H14AlCaLiNaO5PSr. The second kappa shape index (κ2) is 24.3. The standard InChI is InChI=1S/Al.Ca.Li.Na.H3O4P.H2O.Sr.9H/c;;;;1-5(2,3)4;;;;;;;;;;;/h;;;;(H3,1,2,3,4);1H2;;;;;;;;;;. The van der Waals surface area contributed by atoms with Gasteiger partial charge in [-0.15, -0.1) is 0 Å². The fourth-order valence-corrected chi connectivity index (χ4v) is 0. The zero-order valence-corrected chi connectivity index (χ0v) is 3.59. The Bertz CT molecular complexity index is 72.6. The molecule has 0 aliphatic rings. The first kappa shape index (κ1) is 44.5. The summed E-state index contributed by atoms with van der Waals surface area (Å²) in [6.07, 6.45) is 0. The van der Waals surface area contributed by atoms with Gasteiger partial charge in [0, 0.05) is 0 Å². The molecule has 0 saturated carbocycles. The minimum atomic E-state index is -4.64. The fraction of sp³-hybridized carbons (Fsp3) is 0. The molecular weight excluding hydrogens is 296 g/mol. The average molecular weight is 310 g/mol. The third kappa shape index (κ3) is 103. The van der Waals surface area contributed by atoms with Crippen LogP contribution in [0.1, 0.15) is 0 Å². The van der Waals surface area contributed by atoms with Crippen molar-refractivity contribution < 1.29 is 24.7 Å². The molecule has 0 aliphatic heterocycles. The maximum atomic E-state index is 8.88. The molecule has 0 spiro atoms. The molecule has 0 radical (unpaired) electrons. The molecule has 0 heterocycles. The molecule has 5 N–H and O–H groups in total. The van der Waals surface area contributed by atoms with Crippen LogP contribution >= 0.6 is 7.82 Å². The summed E-state index contributed by atoms with van der Waals surface area (Å²) < 4.78 is 8.88. The predicted molar refractivity (Wildman–Crippen MR) is 59.2 cm³/mol. The molecule has 0 saturated heterocycles. The van der Waals surface area contributed by atoms with Crippen LogP contribution in [0.2, 0.25) is 0 Å². The first-order valence-corrected chi connectivity index (χ1v) is 2.35. The van der Waals surface area contributed by atoms with Crippen molar-refractivity contribution in [2.75, 3.05) is 0 Å². The van der Waals surface area contributed by atoms with E-state index in [1.165, 1.54) is 0 Å². The van der Waals surface area contributed by atoms with Crippen LogP contribution in [-0.4, -0.2) is 169 Å². The number of hydrogen-bond acceptors (Lipinski definition) is 1. The van der Waals surface area contributed by atoms with Crippen molar-refractivity contribution in [1.29, 1.82) is 0 Å². The summed E-state index contributed by atoms with van der Waals surface area (Å²) in [6.45, 7) is 0. The summed E-state index contributed by atoms with van der Waals surface area (Å²) in [4.78, 5) is 21.6. The van der Waals surface area contributed by atoms with Crippen LogP contribution in [0.15, 0.2) is 0 Å². The summed E-state index contributed by atoms with van der Waals surface area (Å²) >= 11 is 0. The molecule has 0 aromatic rings. The zero-order chi connectivity index (χ0) is 4.50. The van der Waals surface area contributed by atoms with Gasteiger partial charge in [-0.1, -0.05) is 0 Å². The van der Waals surface area contributed by atoms with E-state index in [-0.39, 0.29) is 154 Å². The Balaban J connectivity index is -0.00000000533. The summed E-state index contributed by atoms with van der Waals surface area (Å²) in [5, 5.41) is 0. The summed E-state index contributed by atoms with van der Waals surface area (Å²) in [5.74, 6) is 0. The van der Waals surface area contributed by atoms with Gasteiger partial charge in [-0.2, -0.15) is 0 Å². The fourth-order valence-electron chi connectivity index (χ4n) is 0. The number of phosphoric acid groups is 1. The molecule has 0 bridgehead atoms. The van der Waals surface area contributed by atoms with Gasteiger partial charge in [0.25, 0.3) is 0 Å². The van der Waals surface area contributed by atoms with Crippen LogP contribution in [0, 0.1) is 0 Å². The third-order valence-electron chi connectivity index (χ3n) is 0. The summed E-state index contributed by atoms with van der Waals surface area (Å²) in [5.41, 5.74) is 0. The van der Waals surface area contributed by atoms with Crippen molar-refractivity contribution in [3.63, 3.8) is 0 Å². The third-order valence-corrected chi connectivity index (χ3v) is 0. The zero-order valence-electron chi connectivity index (χ0n) is 2.70. The molecule has 0 aliphatic carbocycles. The molecule has 0 aromatic heterocycles. The molecule has 0 fully saturated rings. The van der Waals surface area contributed by atoms with E-state index >= 15 is 0 Å². The van der Waals surface area contributed by atoms with Crippen molar-refractivity contribution in [3.8, 4) is 0 Å². The molecule has 0 aromatic carbocycles. The van der Waals surface area contributed by atoms with Gasteiger partial charge in [0.05, 0.1) is 0 Å². The van der Waals surface area contributed by atoms with Crippen molar-refractivity contribution in [1.82, 2.24) is 0 Å². The molecule has 0 rings (SSSR count). The van der Waals surface area contributed by atoms with E-state index in [9.17, 15) is 0 Å². The molecule has 5 nitrogen and oxygen atoms in total. The van der Waals surface area contributed by atoms with E-state index in [0.29, 0.717) is 0 Å². The van der Waals surface area contributed by atoms with Gasteiger partial charge < -0.3 is 20.2 Å². The van der Waals surface area contributed by atoms with Crippen LogP contribution in [0.3, 0.4) is 0 Å². The van der Waals surface area contributed by atoms with E-state index < -0.39 is 7.82 Å². The Kier molecular flexibility index (Phi) is 98.2. The van der Waals surface area contributed by atoms with E-state index in [2.05, 4.69) is 0 Å². The molecule has 0 atom stereocenters. The number of rotatable bonds is 0. The Labute approximate surface area is 177 Å². The van der Waals surface area contributed by atoms with Gasteiger partial charge >= 0.3 is 139 Å². The van der Waals surface area contributed by atoms with Crippen molar-refractivity contribution in [3.05, 3.63) is 0 Å². The van der Waals surface area contributed by atoms with Crippen molar-refractivity contribution in [2.24, 2.45) is 0 Å². The second-order valence-corrected chi connectivity index (χ2v) is 1.54. The van der Waals surface area contributed by atoms with Crippen LogP contribution < -0.4 is 0 Å². The Morgan fingerprint density at radius 3 is 1.09 bits per heavy atom. The van der Waals surface area contributed by atoms with Gasteiger partial charge in [0.15, 0.2) is 17.4 Å². The maximum absolute atomic E-state index is 8.88. The first-order chi connectivity index (χ1) is 2.00. The van der Waals surface area contributed by atoms with E-state index in [0.717, 1.165) is 0 Å². The van der Waals surface area contributed by atoms with Crippen LogP contribution in [0.25, 0.3) is 0 Å². The summed E-state index contributed by atoms with van der Waals surface area (Å²) in [7, 11) is -4.64. The monoisotopic (exact) mass is 310 g/mol. The quantitative estimate of drug-likeness (QED) is 0.306. The minimum absolute atomic E-state index is 0. The number of hydrogen-bond donors (Lipinski definition) is 3. The molecule has 0 amide bonds. The molecule has 0 unspecified atom stereocenters.